The first-order valence-corrected chi connectivity index (χ1v) is 11.1. The highest BCUT2D eigenvalue weighted by molar-refractivity contribution is 6.00. The molecule has 2 aromatic rings. The van der Waals surface area contributed by atoms with E-state index >= 15 is 0 Å². The predicted octanol–water partition coefficient (Wildman–Crippen LogP) is 3.38. The molecule has 2 saturated heterocycles. The lowest BCUT2D eigenvalue weighted by Gasteiger charge is -2.32. The van der Waals surface area contributed by atoms with Crippen LogP contribution in [0.3, 0.4) is 0 Å². The Morgan fingerprint density at radius 2 is 1.70 bits per heavy atom. The predicted molar refractivity (Wildman–Crippen MR) is 119 cm³/mol. The van der Waals surface area contributed by atoms with Gasteiger partial charge in [0.05, 0.1) is 5.92 Å². The molecule has 0 spiro atoms. The third-order valence-electron chi connectivity index (χ3n) is 6.34. The van der Waals surface area contributed by atoms with Gasteiger partial charge in [0.1, 0.15) is 0 Å². The minimum absolute atomic E-state index is 0.0255. The summed E-state index contributed by atoms with van der Waals surface area (Å²) in [4.78, 5) is 29.5. The van der Waals surface area contributed by atoms with Crippen LogP contribution in [-0.4, -0.2) is 42.4 Å². The van der Waals surface area contributed by atoms with Crippen molar-refractivity contribution in [2.45, 2.75) is 45.2 Å². The third-order valence-corrected chi connectivity index (χ3v) is 6.34. The zero-order chi connectivity index (χ0) is 20.9. The SMILES string of the molecule is CCc1ccc(N2C[C@H](C(=O)NC3CCN(Cc4ccccc4)CC3)CC2=O)cc1. The Bertz CT molecular complexity index is 858. The van der Waals surface area contributed by atoms with Crippen molar-refractivity contribution in [1.82, 2.24) is 10.2 Å². The highest BCUT2D eigenvalue weighted by Gasteiger charge is 2.36. The monoisotopic (exact) mass is 405 g/mol. The Labute approximate surface area is 179 Å². The van der Waals surface area contributed by atoms with E-state index in [1.54, 1.807) is 4.90 Å². The second-order valence-electron chi connectivity index (χ2n) is 8.47. The molecule has 158 valence electrons. The molecule has 2 aromatic carbocycles. The van der Waals surface area contributed by atoms with E-state index in [1.165, 1.54) is 11.1 Å². The van der Waals surface area contributed by atoms with Gasteiger partial charge in [-0.25, -0.2) is 0 Å². The number of amides is 2. The van der Waals surface area contributed by atoms with Gasteiger partial charge >= 0.3 is 0 Å². The summed E-state index contributed by atoms with van der Waals surface area (Å²) < 4.78 is 0. The van der Waals surface area contributed by atoms with Gasteiger partial charge in [-0.2, -0.15) is 0 Å². The Kier molecular flexibility index (Phi) is 6.48. The van der Waals surface area contributed by atoms with Gasteiger partial charge in [0.15, 0.2) is 0 Å². The molecular weight excluding hydrogens is 374 g/mol. The van der Waals surface area contributed by atoms with Gasteiger partial charge in [0.2, 0.25) is 11.8 Å². The number of rotatable bonds is 6. The van der Waals surface area contributed by atoms with Gasteiger partial charge in [-0.15, -0.1) is 0 Å². The van der Waals surface area contributed by atoms with Gasteiger partial charge in [0, 0.05) is 44.3 Å². The van der Waals surface area contributed by atoms with Crippen LogP contribution in [0, 0.1) is 5.92 Å². The molecule has 2 aliphatic heterocycles. The third kappa shape index (κ3) is 4.90. The van der Waals surface area contributed by atoms with Crippen molar-refractivity contribution < 1.29 is 9.59 Å². The number of nitrogens with one attached hydrogen (secondary N) is 1. The summed E-state index contributed by atoms with van der Waals surface area (Å²) in [5, 5.41) is 3.21. The minimum atomic E-state index is -0.259. The standard InChI is InChI=1S/C25H31N3O2/c1-2-19-8-10-23(11-9-19)28-18-21(16-24(28)29)25(30)26-22-12-14-27(15-13-22)17-20-6-4-3-5-7-20/h3-11,21-22H,2,12-18H2,1H3,(H,26,30)/t21-/m1/s1. The Balaban J connectivity index is 1.26. The first-order valence-electron chi connectivity index (χ1n) is 11.1. The van der Waals surface area contributed by atoms with E-state index in [1.807, 2.05) is 18.2 Å². The molecule has 1 atom stereocenters. The summed E-state index contributed by atoms with van der Waals surface area (Å²) in [6, 6.07) is 18.8. The van der Waals surface area contributed by atoms with Crippen LogP contribution in [0.4, 0.5) is 5.69 Å². The number of carbonyl (C=O) groups is 2. The highest BCUT2D eigenvalue weighted by atomic mass is 16.2. The average molecular weight is 406 g/mol. The second-order valence-corrected chi connectivity index (χ2v) is 8.47. The summed E-state index contributed by atoms with van der Waals surface area (Å²) >= 11 is 0. The number of likely N-dealkylation sites (tertiary alicyclic amines) is 1. The number of nitrogens with zero attached hydrogens (tertiary/aromatic N) is 2. The summed E-state index contributed by atoms with van der Waals surface area (Å²) in [7, 11) is 0. The molecule has 0 bridgehead atoms. The normalized spacial score (nSPS) is 20.5. The molecule has 2 heterocycles. The van der Waals surface area contributed by atoms with E-state index in [2.05, 4.69) is 53.5 Å². The number of anilines is 1. The fourth-order valence-electron chi connectivity index (χ4n) is 4.44. The Morgan fingerprint density at radius 3 is 2.37 bits per heavy atom. The van der Waals surface area contributed by atoms with E-state index in [9.17, 15) is 9.59 Å². The van der Waals surface area contributed by atoms with Gasteiger partial charge in [-0.1, -0.05) is 49.4 Å². The average Bonchev–Trinajstić information content (AvgIpc) is 3.18. The van der Waals surface area contributed by atoms with Crippen molar-refractivity contribution in [3.05, 3.63) is 65.7 Å². The molecule has 2 aliphatic rings. The van der Waals surface area contributed by atoms with Crippen molar-refractivity contribution in [2.24, 2.45) is 5.92 Å². The molecule has 2 fully saturated rings. The fourth-order valence-corrected chi connectivity index (χ4v) is 4.44. The van der Waals surface area contributed by atoms with Crippen LogP contribution in [0.1, 0.15) is 37.3 Å². The van der Waals surface area contributed by atoms with Crippen LogP contribution < -0.4 is 10.2 Å². The zero-order valence-electron chi connectivity index (χ0n) is 17.7. The lowest BCUT2D eigenvalue weighted by Crippen LogP contribution is -2.46. The molecule has 2 amide bonds. The maximum atomic E-state index is 12.8. The van der Waals surface area contributed by atoms with E-state index in [0.717, 1.165) is 44.6 Å². The topological polar surface area (TPSA) is 52.7 Å². The van der Waals surface area contributed by atoms with Crippen LogP contribution in [0.5, 0.6) is 0 Å². The number of carbonyl (C=O) groups excluding carboxylic acids is 2. The number of hydrogen-bond donors (Lipinski definition) is 1. The van der Waals surface area contributed by atoms with Crippen molar-refractivity contribution in [3.63, 3.8) is 0 Å². The summed E-state index contributed by atoms with van der Waals surface area (Å²) in [6.07, 6.45) is 3.19. The maximum Gasteiger partial charge on any atom is 0.227 e. The lowest BCUT2D eigenvalue weighted by atomic mass is 10.0. The van der Waals surface area contributed by atoms with Crippen LogP contribution in [-0.2, 0) is 22.6 Å². The fraction of sp³-hybridized carbons (Fsp3) is 0.440. The molecule has 4 rings (SSSR count). The lowest BCUT2D eigenvalue weighted by molar-refractivity contribution is -0.127. The van der Waals surface area contributed by atoms with Crippen molar-refractivity contribution in [1.29, 1.82) is 0 Å². The maximum absolute atomic E-state index is 12.8. The summed E-state index contributed by atoms with van der Waals surface area (Å²) in [6.45, 7) is 5.52. The van der Waals surface area contributed by atoms with Gasteiger partial charge < -0.3 is 10.2 Å². The molecule has 0 unspecified atom stereocenters. The van der Waals surface area contributed by atoms with E-state index in [4.69, 9.17) is 0 Å². The first-order chi connectivity index (χ1) is 14.6. The summed E-state index contributed by atoms with van der Waals surface area (Å²) in [5.41, 5.74) is 3.47. The quantitative estimate of drug-likeness (QED) is 0.802. The van der Waals surface area contributed by atoms with Gasteiger partial charge in [-0.3, -0.25) is 14.5 Å². The Hall–Kier alpha value is -2.66. The molecule has 0 saturated carbocycles. The van der Waals surface area contributed by atoms with Crippen LogP contribution >= 0.6 is 0 Å². The van der Waals surface area contributed by atoms with E-state index < -0.39 is 0 Å². The largest absolute Gasteiger partial charge is 0.353 e. The number of hydrogen-bond acceptors (Lipinski definition) is 3. The van der Waals surface area contributed by atoms with Crippen molar-refractivity contribution in [2.75, 3.05) is 24.5 Å². The van der Waals surface area contributed by atoms with Crippen molar-refractivity contribution in [3.8, 4) is 0 Å². The van der Waals surface area contributed by atoms with E-state index in [-0.39, 0.29) is 23.8 Å². The molecule has 1 N–H and O–H groups in total. The highest BCUT2D eigenvalue weighted by Crippen LogP contribution is 2.26. The number of benzene rings is 2. The molecule has 5 nitrogen and oxygen atoms in total. The smallest absolute Gasteiger partial charge is 0.227 e. The van der Waals surface area contributed by atoms with Crippen LogP contribution in [0.2, 0.25) is 0 Å². The zero-order valence-corrected chi connectivity index (χ0v) is 17.7. The van der Waals surface area contributed by atoms with Crippen molar-refractivity contribution >= 4 is 17.5 Å². The number of aryl methyl sites for hydroxylation is 1. The first kappa shape index (κ1) is 20.6. The Morgan fingerprint density at radius 1 is 1.00 bits per heavy atom. The van der Waals surface area contributed by atoms with Gasteiger partial charge in [-0.05, 0) is 42.5 Å². The van der Waals surface area contributed by atoms with E-state index in [0.29, 0.717) is 13.0 Å². The summed E-state index contributed by atoms with van der Waals surface area (Å²) in [5.74, 6) is -0.194. The molecule has 30 heavy (non-hydrogen) atoms. The van der Waals surface area contributed by atoms with Crippen LogP contribution in [0.25, 0.3) is 0 Å². The second kappa shape index (κ2) is 9.43. The molecule has 0 aliphatic carbocycles. The molecular formula is C25H31N3O2. The number of piperidine rings is 1. The molecule has 0 radical (unpaired) electrons. The molecule has 0 aromatic heterocycles. The van der Waals surface area contributed by atoms with Gasteiger partial charge in [0.25, 0.3) is 0 Å². The van der Waals surface area contributed by atoms with Crippen LogP contribution in [0.15, 0.2) is 54.6 Å². The molecule has 5 heteroatoms. The minimum Gasteiger partial charge on any atom is -0.353 e.